The third-order valence-corrected chi connectivity index (χ3v) is 14.6. The van der Waals surface area contributed by atoms with Crippen LogP contribution >= 0.6 is 0 Å². The Bertz CT molecular complexity index is 985. The summed E-state index contributed by atoms with van der Waals surface area (Å²) in [5, 5.41) is 0. The Kier molecular flexibility index (Phi) is 45.5. The van der Waals surface area contributed by atoms with E-state index in [1.54, 1.807) is 0 Å². The molecule has 0 N–H and O–H groups in total. The second-order valence-electron chi connectivity index (χ2n) is 20.8. The molecule has 0 unspecified atom stereocenters. The minimum Gasteiger partial charge on any atom is -0.466 e. The van der Waals surface area contributed by atoms with E-state index in [0.717, 1.165) is 103 Å². The van der Waals surface area contributed by atoms with Crippen molar-refractivity contribution in [3.8, 4) is 0 Å². The third kappa shape index (κ3) is 39.4. The molecule has 0 atom stereocenters. The van der Waals surface area contributed by atoms with Crippen LogP contribution in [0, 0.1) is 5.92 Å². The van der Waals surface area contributed by atoms with Crippen LogP contribution in [0.2, 0.25) is 0 Å². The molecule has 1 aliphatic rings. The summed E-state index contributed by atoms with van der Waals surface area (Å²) in [6, 6.07) is 0. The number of likely N-dealkylation sites (tertiary alicyclic amines) is 1. The van der Waals surface area contributed by atoms with Crippen LogP contribution in [0.15, 0.2) is 0 Å². The fraction of sp³-hybridized carbons (Fsp3) is 0.966. The number of unbranched alkanes of at least 4 members (excludes halogenated alkanes) is 26. The average molecular weight is 918 g/mol. The van der Waals surface area contributed by atoms with Crippen molar-refractivity contribution >= 4 is 11.9 Å². The minimum atomic E-state index is -0.0195. The van der Waals surface area contributed by atoms with Gasteiger partial charge in [-0.1, -0.05) is 202 Å². The Balaban J connectivity index is 2.65. The number of amides is 1. The first-order chi connectivity index (χ1) is 32.0. The van der Waals surface area contributed by atoms with Gasteiger partial charge < -0.3 is 24.3 Å². The largest absolute Gasteiger partial charge is 0.466 e. The lowest BCUT2D eigenvalue weighted by Crippen LogP contribution is -2.41. The molecule has 7 nitrogen and oxygen atoms in total. The number of hydrogen-bond acceptors (Lipinski definition) is 6. The summed E-state index contributed by atoms with van der Waals surface area (Å²) in [5.74, 6) is 1.10. The fourth-order valence-corrected chi connectivity index (χ4v) is 10.0. The van der Waals surface area contributed by atoms with Crippen molar-refractivity contribution in [2.45, 2.75) is 279 Å². The van der Waals surface area contributed by atoms with Gasteiger partial charge in [0.25, 0.3) is 0 Å². The maximum absolute atomic E-state index is 13.7. The van der Waals surface area contributed by atoms with Gasteiger partial charge in [-0.25, -0.2) is 0 Å². The normalized spacial score (nSPS) is 13.6. The minimum absolute atomic E-state index is 0.0195. The number of carbonyl (C=O) groups is 2. The van der Waals surface area contributed by atoms with Gasteiger partial charge in [0.1, 0.15) is 0 Å². The Morgan fingerprint density at radius 1 is 0.385 bits per heavy atom. The second kappa shape index (κ2) is 47.9. The molecular formula is C58H116N4O3. The van der Waals surface area contributed by atoms with E-state index in [1.165, 1.54) is 206 Å². The van der Waals surface area contributed by atoms with E-state index < -0.39 is 0 Å². The first-order valence-corrected chi connectivity index (χ1v) is 29.6. The fourth-order valence-electron chi connectivity index (χ4n) is 10.0. The zero-order chi connectivity index (χ0) is 47.1. The van der Waals surface area contributed by atoms with E-state index in [1.807, 2.05) is 0 Å². The van der Waals surface area contributed by atoms with E-state index in [0.29, 0.717) is 25.4 Å². The maximum atomic E-state index is 13.7. The molecule has 1 saturated heterocycles. The van der Waals surface area contributed by atoms with Gasteiger partial charge in [0.05, 0.1) is 6.61 Å². The summed E-state index contributed by atoms with van der Waals surface area (Å²) >= 11 is 0. The first-order valence-electron chi connectivity index (χ1n) is 29.6. The number of ether oxygens (including phenoxy) is 1. The number of esters is 1. The van der Waals surface area contributed by atoms with Gasteiger partial charge >= 0.3 is 5.97 Å². The van der Waals surface area contributed by atoms with Crippen LogP contribution < -0.4 is 0 Å². The molecule has 0 bridgehead atoms. The van der Waals surface area contributed by atoms with E-state index in [4.69, 9.17) is 4.74 Å². The first kappa shape index (κ1) is 61.8. The molecule has 0 spiro atoms. The van der Waals surface area contributed by atoms with Crippen molar-refractivity contribution < 1.29 is 14.3 Å². The van der Waals surface area contributed by atoms with Gasteiger partial charge in [-0.05, 0) is 109 Å². The highest BCUT2D eigenvalue weighted by Gasteiger charge is 2.23. The highest BCUT2D eigenvalue weighted by molar-refractivity contribution is 5.76. The van der Waals surface area contributed by atoms with Crippen molar-refractivity contribution in [2.24, 2.45) is 5.92 Å². The Morgan fingerprint density at radius 3 is 1.15 bits per heavy atom. The van der Waals surface area contributed by atoms with Gasteiger partial charge in [-0.2, -0.15) is 0 Å². The summed E-state index contributed by atoms with van der Waals surface area (Å²) < 4.78 is 5.50. The summed E-state index contributed by atoms with van der Waals surface area (Å²) in [5.41, 5.74) is 0. The Hall–Kier alpha value is -1.18. The van der Waals surface area contributed by atoms with Crippen molar-refractivity contribution in [1.82, 2.24) is 19.6 Å². The molecule has 1 fully saturated rings. The van der Waals surface area contributed by atoms with Gasteiger partial charge in [0.2, 0.25) is 5.91 Å². The molecule has 0 aromatic rings. The summed E-state index contributed by atoms with van der Waals surface area (Å²) in [6.07, 6.45) is 48.2. The number of piperidine rings is 1. The lowest BCUT2D eigenvalue weighted by molar-refractivity contribution is -0.144. The highest BCUT2D eigenvalue weighted by atomic mass is 16.5. The predicted octanol–water partition coefficient (Wildman–Crippen LogP) is 15.8. The van der Waals surface area contributed by atoms with Crippen LogP contribution in [0.25, 0.3) is 0 Å². The van der Waals surface area contributed by atoms with Crippen LogP contribution in [0.4, 0.5) is 0 Å². The summed E-state index contributed by atoms with van der Waals surface area (Å²) in [4.78, 5) is 36.4. The van der Waals surface area contributed by atoms with E-state index >= 15 is 0 Å². The Morgan fingerprint density at radius 2 is 0.723 bits per heavy atom. The molecule has 1 rings (SSSR count). The van der Waals surface area contributed by atoms with Crippen LogP contribution in [-0.2, 0) is 14.3 Å². The van der Waals surface area contributed by atoms with Crippen molar-refractivity contribution in [1.29, 1.82) is 0 Å². The zero-order valence-electron chi connectivity index (χ0n) is 44.9. The number of hydrogen-bond donors (Lipinski definition) is 0. The summed E-state index contributed by atoms with van der Waals surface area (Å²) in [7, 11) is 0. The SMILES string of the molecule is CCCCCCCCCN(CCCC(=O)OCCCCC)CCCC1CCN(C(=O)CCN(CCCCCCCCC)CCN(CCCCCCCCC)CCCCCCCCC)CC1. The lowest BCUT2D eigenvalue weighted by Gasteiger charge is -2.33. The van der Waals surface area contributed by atoms with Crippen LogP contribution in [0.3, 0.4) is 0 Å². The molecule has 0 saturated carbocycles. The zero-order valence-corrected chi connectivity index (χ0v) is 44.9. The third-order valence-electron chi connectivity index (χ3n) is 14.6. The Labute approximate surface area is 407 Å². The van der Waals surface area contributed by atoms with Gasteiger partial charge in [-0.15, -0.1) is 0 Å². The van der Waals surface area contributed by atoms with Crippen LogP contribution in [-0.4, -0.2) is 110 Å². The van der Waals surface area contributed by atoms with Crippen molar-refractivity contribution in [2.75, 3.05) is 78.6 Å². The van der Waals surface area contributed by atoms with Gasteiger partial charge in [0, 0.05) is 45.6 Å². The standard InChI is InChI=1S/C58H116N4O3/c1-6-11-16-20-24-28-32-44-59(49-38-40-58(64)65-55-36-15-10-5)48-37-39-56-41-51-62(52-42-56)57(63)43-50-61(47-35-31-27-23-19-14-9-4)54-53-60(45-33-29-25-21-17-12-7-2)46-34-30-26-22-18-13-8-3/h56H,6-55H2,1-5H3. The molecule has 0 aromatic carbocycles. The molecule has 7 heteroatoms. The van der Waals surface area contributed by atoms with E-state index in [-0.39, 0.29) is 5.97 Å². The van der Waals surface area contributed by atoms with E-state index in [9.17, 15) is 9.59 Å². The van der Waals surface area contributed by atoms with Crippen LogP contribution in [0.5, 0.6) is 0 Å². The predicted molar refractivity (Wildman–Crippen MR) is 284 cm³/mol. The molecule has 0 aromatic heterocycles. The summed E-state index contributed by atoms with van der Waals surface area (Å²) in [6.45, 7) is 24.0. The van der Waals surface area contributed by atoms with Gasteiger partial charge in [0.15, 0.2) is 0 Å². The monoisotopic (exact) mass is 917 g/mol. The molecule has 386 valence electrons. The quantitative estimate of drug-likeness (QED) is 0.0448. The average Bonchev–Trinajstić information content (AvgIpc) is 3.31. The number of rotatable bonds is 50. The topological polar surface area (TPSA) is 56.3 Å². The van der Waals surface area contributed by atoms with Gasteiger partial charge in [-0.3, -0.25) is 9.59 Å². The molecule has 1 heterocycles. The number of nitrogens with zero attached hydrogens (tertiary/aromatic N) is 4. The van der Waals surface area contributed by atoms with Crippen molar-refractivity contribution in [3.05, 3.63) is 0 Å². The van der Waals surface area contributed by atoms with Crippen LogP contribution in [0.1, 0.15) is 279 Å². The lowest BCUT2D eigenvalue weighted by atomic mass is 9.92. The molecule has 0 aliphatic carbocycles. The van der Waals surface area contributed by atoms with E-state index in [2.05, 4.69) is 54.2 Å². The number of carbonyl (C=O) groups excluding carboxylic acids is 2. The molecule has 1 amide bonds. The molecule has 65 heavy (non-hydrogen) atoms. The molecular weight excluding hydrogens is 801 g/mol. The smallest absolute Gasteiger partial charge is 0.305 e. The highest BCUT2D eigenvalue weighted by Crippen LogP contribution is 2.23. The molecule has 0 radical (unpaired) electrons. The molecule has 1 aliphatic heterocycles. The second-order valence-corrected chi connectivity index (χ2v) is 20.8. The maximum Gasteiger partial charge on any atom is 0.305 e. The van der Waals surface area contributed by atoms with Crippen molar-refractivity contribution in [3.63, 3.8) is 0 Å².